The lowest BCUT2D eigenvalue weighted by atomic mass is 10.0. The lowest BCUT2D eigenvalue weighted by Gasteiger charge is -2.34. The zero-order valence-electron chi connectivity index (χ0n) is 11.5. The van der Waals surface area contributed by atoms with E-state index in [2.05, 4.69) is 48.2 Å². The summed E-state index contributed by atoms with van der Waals surface area (Å²) in [5, 5.41) is 4.02. The van der Waals surface area contributed by atoms with E-state index in [0.29, 0.717) is 11.2 Å². The number of anilines is 2. The quantitative estimate of drug-likeness (QED) is 0.833. The molecule has 0 aliphatic carbocycles. The van der Waals surface area contributed by atoms with Crippen LogP contribution in [0.15, 0.2) is 41.3 Å². The molecule has 1 aliphatic rings. The van der Waals surface area contributed by atoms with E-state index >= 15 is 0 Å². The zero-order valence-corrected chi connectivity index (χ0v) is 13.8. The molecule has 1 N–H and O–H groups in total. The second-order valence-corrected chi connectivity index (χ2v) is 6.38. The fourth-order valence-electron chi connectivity index (χ4n) is 2.58. The number of halogens is 2. The molecule has 0 unspecified atom stereocenters. The molecule has 110 valence electrons. The second kappa shape index (κ2) is 6.62. The van der Waals surface area contributed by atoms with Crippen LogP contribution in [0.25, 0.3) is 0 Å². The highest BCUT2D eigenvalue weighted by Gasteiger charge is 2.20. The van der Waals surface area contributed by atoms with Gasteiger partial charge in [-0.2, -0.15) is 0 Å². The SMILES string of the molecule is Clc1ncc(Br)cc1NC1CCN(c2ccncc2)CC1. The Bertz CT molecular complexity index is 600. The van der Waals surface area contributed by atoms with Crippen LogP contribution >= 0.6 is 27.5 Å². The molecular formula is C15H16BrClN4. The standard InChI is InChI=1S/C15H16BrClN4/c16-11-9-14(15(17)19-10-11)20-12-3-7-21(8-4-12)13-1-5-18-6-2-13/h1-2,5-6,9-10,12,20H,3-4,7-8H2. The first kappa shape index (κ1) is 14.6. The Morgan fingerprint density at radius 2 is 1.95 bits per heavy atom. The van der Waals surface area contributed by atoms with Crippen LogP contribution < -0.4 is 10.2 Å². The minimum absolute atomic E-state index is 0.427. The Balaban J connectivity index is 1.60. The number of nitrogens with one attached hydrogen (secondary N) is 1. The Labute approximate surface area is 137 Å². The third-order valence-corrected chi connectivity index (χ3v) is 4.42. The van der Waals surface area contributed by atoms with Crippen LogP contribution in [0.3, 0.4) is 0 Å². The van der Waals surface area contributed by atoms with Crippen molar-refractivity contribution in [3.63, 3.8) is 0 Å². The van der Waals surface area contributed by atoms with E-state index in [4.69, 9.17) is 11.6 Å². The Morgan fingerprint density at radius 1 is 1.24 bits per heavy atom. The molecule has 4 nitrogen and oxygen atoms in total. The number of nitrogens with zero attached hydrogens (tertiary/aromatic N) is 3. The molecule has 2 aromatic heterocycles. The van der Waals surface area contributed by atoms with Gasteiger partial charge in [-0.25, -0.2) is 4.98 Å². The maximum absolute atomic E-state index is 6.13. The molecular weight excluding hydrogens is 352 g/mol. The number of pyridine rings is 2. The molecule has 0 amide bonds. The first-order valence-electron chi connectivity index (χ1n) is 6.95. The van der Waals surface area contributed by atoms with E-state index in [0.717, 1.165) is 36.1 Å². The molecule has 0 spiro atoms. The molecule has 2 aromatic rings. The summed E-state index contributed by atoms with van der Waals surface area (Å²) >= 11 is 9.55. The predicted molar refractivity (Wildman–Crippen MR) is 90.0 cm³/mol. The van der Waals surface area contributed by atoms with E-state index in [1.54, 1.807) is 6.20 Å². The molecule has 3 heterocycles. The molecule has 1 aliphatic heterocycles. The van der Waals surface area contributed by atoms with E-state index < -0.39 is 0 Å². The number of aromatic nitrogens is 2. The number of rotatable bonds is 3. The van der Waals surface area contributed by atoms with Gasteiger partial charge in [0.05, 0.1) is 5.69 Å². The summed E-state index contributed by atoms with van der Waals surface area (Å²) in [4.78, 5) is 10.6. The summed E-state index contributed by atoms with van der Waals surface area (Å²) in [6, 6.07) is 6.52. The average Bonchev–Trinajstić information content (AvgIpc) is 2.53. The van der Waals surface area contributed by atoms with Gasteiger partial charge in [0, 0.05) is 47.9 Å². The fourth-order valence-corrected chi connectivity index (χ4v) is 3.07. The summed E-state index contributed by atoms with van der Waals surface area (Å²) in [5.41, 5.74) is 2.14. The predicted octanol–water partition coefficient (Wildman–Crippen LogP) is 3.97. The number of hydrogen-bond donors (Lipinski definition) is 1. The van der Waals surface area contributed by atoms with Crippen molar-refractivity contribution in [2.45, 2.75) is 18.9 Å². The van der Waals surface area contributed by atoms with Crippen molar-refractivity contribution in [2.24, 2.45) is 0 Å². The van der Waals surface area contributed by atoms with E-state index in [1.165, 1.54) is 5.69 Å². The van der Waals surface area contributed by atoms with Crippen LogP contribution in [0.1, 0.15) is 12.8 Å². The van der Waals surface area contributed by atoms with Gasteiger partial charge in [-0.3, -0.25) is 4.98 Å². The first-order valence-corrected chi connectivity index (χ1v) is 8.12. The van der Waals surface area contributed by atoms with Crippen LogP contribution in [0.4, 0.5) is 11.4 Å². The maximum atomic E-state index is 6.13. The van der Waals surface area contributed by atoms with Gasteiger partial charge in [-0.15, -0.1) is 0 Å². The van der Waals surface area contributed by atoms with Crippen molar-refractivity contribution >= 4 is 38.9 Å². The number of hydrogen-bond acceptors (Lipinski definition) is 4. The molecule has 0 aromatic carbocycles. The van der Waals surface area contributed by atoms with Crippen molar-refractivity contribution < 1.29 is 0 Å². The van der Waals surface area contributed by atoms with Gasteiger partial charge in [0.1, 0.15) is 0 Å². The third-order valence-electron chi connectivity index (χ3n) is 3.69. The average molecular weight is 368 g/mol. The van der Waals surface area contributed by atoms with Gasteiger partial charge in [0.15, 0.2) is 5.15 Å². The minimum Gasteiger partial charge on any atom is -0.380 e. The van der Waals surface area contributed by atoms with Crippen LogP contribution in [0.5, 0.6) is 0 Å². The topological polar surface area (TPSA) is 41.1 Å². The third kappa shape index (κ3) is 3.66. The van der Waals surface area contributed by atoms with Crippen molar-refractivity contribution in [1.82, 2.24) is 9.97 Å². The van der Waals surface area contributed by atoms with Gasteiger partial charge in [0.2, 0.25) is 0 Å². The molecule has 21 heavy (non-hydrogen) atoms. The van der Waals surface area contributed by atoms with Gasteiger partial charge < -0.3 is 10.2 Å². The smallest absolute Gasteiger partial charge is 0.152 e. The summed E-state index contributed by atoms with van der Waals surface area (Å²) < 4.78 is 0.934. The van der Waals surface area contributed by atoms with E-state index in [-0.39, 0.29) is 0 Å². The van der Waals surface area contributed by atoms with Crippen molar-refractivity contribution in [2.75, 3.05) is 23.3 Å². The Kier molecular flexibility index (Phi) is 4.60. The second-order valence-electron chi connectivity index (χ2n) is 5.10. The summed E-state index contributed by atoms with van der Waals surface area (Å²) in [6.45, 7) is 2.06. The van der Waals surface area contributed by atoms with Crippen LogP contribution in [-0.4, -0.2) is 29.1 Å². The maximum Gasteiger partial charge on any atom is 0.152 e. The van der Waals surface area contributed by atoms with Crippen molar-refractivity contribution in [3.05, 3.63) is 46.4 Å². The molecule has 0 radical (unpaired) electrons. The number of piperidine rings is 1. The highest BCUT2D eigenvalue weighted by atomic mass is 79.9. The highest BCUT2D eigenvalue weighted by Crippen LogP contribution is 2.26. The lowest BCUT2D eigenvalue weighted by Crippen LogP contribution is -2.39. The summed E-state index contributed by atoms with van der Waals surface area (Å²) in [7, 11) is 0. The lowest BCUT2D eigenvalue weighted by molar-refractivity contribution is 0.526. The minimum atomic E-state index is 0.427. The van der Waals surface area contributed by atoms with Crippen LogP contribution in [0, 0.1) is 0 Å². The van der Waals surface area contributed by atoms with Gasteiger partial charge in [0.25, 0.3) is 0 Å². The highest BCUT2D eigenvalue weighted by molar-refractivity contribution is 9.10. The molecule has 1 saturated heterocycles. The van der Waals surface area contributed by atoms with Gasteiger partial charge in [-0.1, -0.05) is 11.6 Å². The first-order chi connectivity index (χ1) is 10.2. The Morgan fingerprint density at radius 3 is 2.67 bits per heavy atom. The normalized spacial score (nSPS) is 16.0. The van der Waals surface area contributed by atoms with Gasteiger partial charge >= 0.3 is 0 Å². The zero-order chi connectivity index (χ0) is 14.7. The van der Waals surface area contributed by atoms with Gasteiger partial charge in [-0.05, 0) is 47.0 Å². The molecule has 1 fully saturated rings. The Hall–Kier alpha value is -1.33. The largest absolute Gasteiger partial charge is 0.380 e. The fraction of sp³-hybridized carbons (Fsp3) is 0.333. The molecule has 0 saturated carbocycles. The van der Waals surface area contributed by atoms with E-state index in [9.17, 15) is 0 Å². The van der Waals surface area contributed by atoms with Crippen molar-refractivity contribution in [3.8, 4) is 0 Å². The monoisotopic (exact) mass is 366 g/mol. The van der Waals surface area contributed by atoms with Crippen molar-refractivity contribution in [1.29, 1.82) is 0 Å². The summed E-state index contributed by atoms with van der Waals surface area (Å²) in [6.07, 6.45) is 7.54. The molecule has 6 heteroatoms. The molecule has 3 rings (SSSR count). The molecule has 0 bridgehead atoms. The summed E-state index contributed by atoms with van der Waals surface area (Å²) in [5.74, 6) is 0. The van der Waals surface area contributed by atoms with E-state index in [1.807, 2.05) is 18.5 Å². The van der Waals surface area contributed by atoms with Crippen LogP contribution in [0.2, 0.25) is 5.15 Å². The molecule has 0 atom stereocenters. The van der Waals surface area contributed by atoms with Crippen LogP contribution in [-0.2, 0) is 0 Å².